The molecule has 0 aromatic carbocycles. The predicted octanol–water partition coefficient (Wildman–Crippen LogP) is 1.35. The molecule has 1 unspecified atom stereocenters. The lowest BCUT2D eigenvalue weighted by atomic mass is 10.2. The molecule has 0 saturated carbocycles. The summed E-state index contributed by atoms with van der Waals surface area (Å²) in [6.07, 6.45) is 8.33. The number of carbonyl (C=O) groups excluding carboxylic acids is 1. The number of hydrogen-bond acceptors (Lipinski definition) is 7. The van der Waals surface area contributed by atoms with Crippen molar-refractivity contribution in [3.63, 3.8) is 0 Å². The average Bonchev–Trinajstić information content (AvgIpc) is 3.29. The molecule has 3 aromatic rings. The minimum Gasteiger partial charge on any atom is -0.460 e. The largest absolute Gasteiger partial charge is 0.460 e. The van der Waals surface area contributed by atoms with Crippen molar-refractivity contribution in [3.8, 4) is 0 Å². The van der Waals surface area contributed by atoms with Crippen LogP contribution in [0.1, 0.15) is 23.2 Å². The van der Waals surface area contributed by atoms with E-state index in [0.29, 0.717) is 17.9 Å². The third-order valence-corrected chi connectivity index (χ3v) is 4.14. The number of rotatable bonds is 4. The summed E-state index contributed by atoms with van der Waals surface area (Å²) in [5.74, 6) is 1.12. The first kappa shape index (κ1) is 14.6. The Morgan fingerprint density at radius 1 is 1.29 bits per heavy atom. The Balaban J connectivity index is 1.49. The zero-order chi connectivity index (χ0) is 16.4. The summed E-state index contributed by atoms with van der Waals surface area (Å²) >= 11 is 0. The van der Waals surface area contributed by atoms with Crippen molar-refractivity contribution in [3.05, 3.63) is 48.7 Å². The molecule has 1 fully saturated rings. The molecule has 0 N–H and O–H groups in total. The summed E-state index contributed by atoms with van der Waals surface area (Å²) in [4.78, 5) is 26.5. The number of pyridine rings is 1. The van der Waals surface area contributed by atoms with Crippen molar-refractivity contribution < 1.29 is 9.53 Å². The van der Waals surface area contributed by atoms with Gasteiger partial charge in [-0.1, -0.05) is 0 Å². The molecular formula is C16H16N6O2. The quantitative estimate of drug-likeness (QED) is 0.669. The number of hydrogen-bond donors (Lipinski definition) is 0. The molecule has 0 bridgehead atoms. The van der Waals surface area contributed by atoms with Gasteiger partial charge in [0.15, 0.2) is 0 Å². The van der Waals surface area contributed by atoms with Gasteiger partial charge in [0.05, 0.1) is 11.6 Å². The van der Waals surface area contributed by atoms with Gasteiger partial charge in [-0.05, 0) is 31.0 Å². The number of ether oxygens (including phenoxy) is 1. The number of fused-ring (bicyclic) bond motifs is 1. The van der Waals surface area contributed by atoms with E-state index in [-0.39, 0.29) is 12.0 Å². The molecule has 8 nitrogen and oxygen atoms in total. The smallest absolute Gasteiger partial charge is 0.339 e. The van der Waals surface area contributed by atoms with E-state index in [0.717, 1.165) is 25.2 Å². The normalized spacial score (nSPS) is 17.3. The van der Waals surface area contributed by atoms with E-state index in [1.165, 1.54) is 12.5 Å². The maximum Gasteiger partial charge on any atom is 0.339 e. The standard InChI is InChI=1S/C16H16N6O2/c23-15(12-3-1-6-17-9-12)24-10-13-4-2-8-21(13)14-5-7-18-16-19-11-20-22(14)16/h1,3,5-7,9,11,13H,2,4,8,10H2. The van der Waals surface area contributed by atoms with Gasteiger partial charge in [0.2, 0.25) is 0 Å². The highest BCUT2D eigenvalue weighted by Gasteiger charge is 2.28. The molecule has 4 rings (SSSR count). The van der Waals surface area contributed by atoms with Crippen molar-refractivity contribution in [2.24, 2.45) is 0 Å². The molecule has 1 aliphatic rings. The average molecular weight is 324 g/mol. The van der Waals surface area contributed by atoms with E-state index in [4.69, 9.17) is 4.74 Å². The lowest BCUT2D eigenvalue weighted by Gasteiger charge is -2.26. The van der Waals surface area contributed by atoms with Gasteiger partial charge in [0.1, 0.15) is 18.8 Å². The summed E-state index contributed by atoms with van der Waals surface area (Å²) in [5.41, 5.74) is 0.463. The molecule has 1 aliphatic heterocycles. The zero-order valence-electron chi connectivity index (χ0n) is 12.9. The zero-order valence-corrected chi connectivity index (χ0v) is 12.9. The van der Waals surface area contributed by atoms with Crippen LogP contribution in [-0.2, 0) is 4.74 Å². The number of esters is 1. The van der Waals surface area contributed by atoms with Gasteiger partial charge >= 0.3 is 5.97 Å². The molecule has 4 heterocycles. The summed E-state index contributed by atoms with van der Waals surface area (Å²) in [6.45, 7) is 1.21. The highest BCUT2D eigenvalue weighted by molar-refractivity contribution is 5.88. The number of aromatic nitrogens is 5. The first-order chi connectivity index (χ1) is 11.8. The van der Waals surface area contributed by atoms with Crippen molar-refractivity contribution in [1.29, 1.82) is 0 Å². The molecule has 0 radical (unpaired) electrons. The molecule has 0 spiro atoms. The van der Waals surface area contributed by atoms with E-state index in [1.807, 2.05) is 6.07 Å². The van der Waals surface area contributed by atoms with Gasteiger partial charge in [0.25, 0.3) is 5.78 Å². The van der Waals surface area contributed by atoms with Gasteiger partial charge in [0, 0.05) is 25.1 Å². The third kappa shape index (κ3) is 2.66. The number of carbonyl (C=O) groups is 1. The van der Waals surface area contributed by atoms with E-state index >= 15 is 0 Å². The second-order valence-corrected chi connectivity index (χ2v) is 5.60. The molecule has 3 aromatic heterocycles. The van der Waals surface area contributed by atoms with Crippen molar-refractivity contribution in [2.75, 3.05) is 18.1 Å². The van der Waals surface area contributed by atoms with Crippen molar-refractivity contribution in [2.45, 2.75) is 18.9 Å². The Bertz CT molecular complexity index is 850. The first-order valence-electron chi connectivity index (χ1n) is 7.81. The fraction of sp³-hybridized carbons (Fsp3) is 0.312. The maximum absolute atomic E-state index is 12.1. The van der Waals surface area contributed by atoms with Crippen LogP contribution in [0.15, 0.2) is 43.1 Å². The topological polar surface area (TPSA) is 85.5 Å². The fourth-order valence-electron chi connectivity index (χ4n) is 2.99. The molecule has 0 aliphatic carbocycles. The van der Waals surface area contributed by atoms with Crippen LogP contribution in [0.3, 0.4) is 0 Å². The summed E-state index contributed by atoms with van der Waals surface area (Å²) in [5, 5.41) is 4.23. The van der Waals surface area contributed by atoms with Crippen LogP contribution >= 0.6 is 0 Å². The predicted molar refractivity (Wildman–Crippen MR) is 85.7 cm³/mol. The van der Waals surface area contributed by atoms with Crippen LogP contribution < -0.4 is 4.90 Å². The van der Waals surface area contributed by atoms with Gasteiger partial charge in [-0.25, -0.2) is 9.78 Å². The van der Waals surface area contributed by atoms with E-state index in [1.54, 1.807) is 29.0 Å². The molecule has 0 amide bonds. The SMILES string of the molecule is O=C(OCC1CCCN1c1ccnc2ncnn12)c1cccnc1. The second-order valence-electron chi connectivity index (χ2n) is 5.60. The van der Waals surface area contributed by atoms with Crippen LogP contribution in [0.25, 0.3) is 5.78 Å². The van der Waals surface area contributed by atoms with Gasteiger partial charge in [-0.3, -0.25) is 4.98 Å². The van der Waals surface area contributed by atoms with Gasteiger partial charge < -0.3 is 9.64 Å². The number of nitrogens with zero attached hydrogens (tertiary/aromatic N) is 6. The lowest BCUT2D eigenvalue weighted by Crippen LogP contribution is -2.35. The Morgan fingerprint density at radius 3 is 3.12 bits per heavy atom. The Kier molecular flexibility index (Phi) is 3.78. The second kappa shape index (κ2) is 6.23. The molecule has 1 atom stereocenters. The minimum atomic E-state index is -0.351. The van der Waals surface area contributed by atoms with Crippen molar-refractivity contribution in [1.82, 2.24) is 24.6 Å². The van der Waals surface area contributed by atoms with E-state index in [2.05, 4.69) is 25.0 Å². The lowest BCUT2D eigenvalue weighted by molar-refractivity contribution is 0.0482. The van der Waals surface area contributed by atoms with Crippen LogP contribution in [-0.4, -0.2) is 49.7 Å². The van der Waals surface area contributed by atoms with Crippen LogP contribution in [0.4, 0.5) is 5.82 Å². The first-order valence-corrected chi connectivity index (χ1v) is 7.81. The monoisotopic (exact) mass is 324 g/mol. The van der Waals surface area contributed by atoms with Crippen LogP contribution in [0.2, 0.25) is 0 Å². The molecular weight excluding hydrogens is 308 g/mol. The van der Waals surface area contributed by atoms with E-state index in [9.17, 15) is 4.79 Å². The van der Waals surface area contributed by atoms with E-state index < -0.39 is 0 Å². The van der Waals surface area contributed by atoms with Crippen LogP contribution in [0.5, 0.6) is 0 Å². The third-order valence-electron chi connectivity index (χ3n) is 4.14. The Labute approximate surface area is 138 Å². The fourth-order valence-corrected chi connectivity index (χ4v) is 2.99. The number of anilines is 1. The summed E-state index contributed by atoms with van der Waals surface area (Å²) in [6, 6.07) is 5.43. The minimum absolute atomic E-state index is 0.112. The van der Waals surface area contributed by atoms with Gasteiger partial charge in [-0.2, -0.15) is 14.6 Å². The molecule has 122 valence electrons. The molecule has 1 saturated heterocycles. The molecule has 8 heteroatoms. The Morgan fingerprint density at radius 2 is 2.25 bits per heavy atom. The van der Waals surface area contributed by atoms with Crippen LogP contribution in [0, 0.1) is 0 Å². The summed E-state index contributed by atoms with van der Waals surface area (Å²) < 4.78 is 7.19. The highest BCUT2D eigenvalue weighted by atomic mass is 16.5. The highest BCUT2D eigenvalue weighted by Crippen LogP contribution is 2.25. The maximum atomic E-state index is 12.1. The summed E-state index contributed by atoms with van der Waals surface area (Å²) in [7, 11) is 0. The van der Waals surface area contributed by atoms with Gasteiger partial charge in [-0.15, -0.1) is 0 Å². The molecule has 24 heavy (non-hydrogen) atoms. The Hall–Kier alpha value is -3.03. The van der Waals surface area contributed by atoms with Crippen molar-refractivity contribution >= 4 is 17.6 Å².